The monoisotopic (exact) mass is 431 g/mol. The molecular weight excluding hydrogens is 378 g/mol. The zero-order valence-corrected chi connectivity index (χ0v) is 21.6. The Labute approximate surface area is 194 Å². The maximum atomic E-state index is 12.8. The maximum Gasteiger partial charge on any atom is 0.164 e. The largest absolute Gasteiger partial charge is 0.351 e. The van der Waals surface area contributed by atoms with Crippen LogP contribution in [0, 0.1) is 13.8 Å². The number of hydrogen-bond acceptors (Lipinski definition) is 1. The highest BCUT2D eigenvalue weighted by atomic mass is 16.1. The fourth-order valence-electron chi connectivity index (χ4n) is 4.79. The van der Waals surface area contributed by atoms with Gasteiger partial charge in [0.25, 0.3) is 0 Å². The molecule has 1 heterocycles. The summed E-state index contributed by atoms with van der Waals surface area (Å²) >= 11 is 0. The van der Waals surface area contributed by atoms with E-state index in [9.17, 15) is 4.79 Å². The first-order valence-electron chi connectivity index (χ1n) is 13.8. The van der Waals surface area contributed by atoms with Crippen LogP contribution < -0.4 is 0 Å². The molecule has 0 amide bonds. The summed E-state index contributed by atoms with van der Waals surface area (Å²) in [4.78, 5) is 12.8. The average molecular weight is 432 g/mol. The summed E-state index contributed by atoms with van der Waals surface area (Å²) in [6.07, 6.45) is 27.1. The molecule has 0 N–H and O–H groups in total. The molecule has 0 fully saturated rings. The van der Waals surface area contributed by atoms with Crippen molar-refractivity contribution in [2.24, 2.45) is 0 Å². The van der Waals surface area contributed by atoms with Crippen molar-refractivity contribution in [3.8, 4) is 0 Å². The third kappa shape index (κ3) is 12.5. The molecular formula is C29H53NO. The first kappa shape index (κ1) is 28.0. The van der Waals surface area contributed by atoms with Gasteiger partial charge in [-0.3, -0.25) is 4.79 Å². The van der Waals surface area contributed by atoms with Crippen molar-refractivity contribution < 1.29 is 4.79 Å². The highest BCUT2D eigenvalue weighted by Crippen LogP contribution is 2.21. The number of hydrogen-bond donors (Lipinski definition) is 0. The van der Waals surface area contributed by atoms with Gasteiger partial charge in [-0.1, -0.05) is 117 Å². The topological polar surface area (TPSA) is 22.0 Å². The molecule has 2 nitrogen and oxygen atoms in total. The Bertz CT molecular complexity index is 572. The van der Waals surface area contributed by atoms with Gasteiger partial charge in [-0.15, -0.1) is 0 Å². The molecule has 2 heteroatoms. The third-order valence-electron chi connectivity index (χ3n) is 6.83. The summed E-state index contributed by atoms with van der Waals surface area (Å²) in [6.45, 7) is 9.80. The van der Waals surface area contributed by atoms with Crippen LogP contribution in [0.3, 0.4) is 0 Å². The molecule has 0 saturated carbocycles. The van der Waals surface area contributed by atoms with E-state index in [2.05, 4.69) is 38.5 Å². The zero-order valence-electron chi connectivity index (χ0n) is 21.6. The summed E-state index contributed by atoms with van der Waals surface area (Å²) < 4.78 is 2.30. The Morgan fingerprint density at radius 1 is 0.645 bits per heavy atom. The van der Waals surface area contributed by atoms with Gasteiger partial charge in [0, 0.05) is 30.4 Å². The molecule has 31 heavy (non-hydrogen) atoms. The summed E-state index contributed by atoms with van der Waals surface area (Å²) in [7, 11) is 0. The minimum absolute atomic E-state index is 0.360. The maximum absolute atomic E-state index is 12.8. The first-order chi connectivity index (χ1) is 15.1. The van der Waals surface area contributed by atoms with E-state index < -0.39 is 0 Å². The Hall–Kier alpha value is -1.05. The van der Waals surface area contributed by atoms with E-state index in [4.69, 9.17) is 0 Å². The zero-order chi connectivity index (χ0) is 22.7. The van der Waals surface area contributed by atoms with Gasteiger partial charge in [0.2, 0.25) is 0 Å². The van der Waals surface area contributed by atoms with E-state index >= 15 is 0 Å². The molecule has 1 aromatic rings. The minimum Gasteiger partial charge on any atom is -0.351 e. The Kier molecular flexibility index (Phi) is 16.7. The second-order valence-electron chi connectivity index (χ2n) is 9.80. The quantitative estimate of drug-likeness (QED) is 0.140. The predicted molar refractivity (Wildman–Crippen MR) is 137 cm³/mol. The van der Waals surface area contributed by atoms with Gasteiger partial charge in [-0.25, -0.2) is 0 Å². The van der Waals surface area contributed by atoms with Crippen molar-refractivity contribution in [1.29, 1.82) is 0 Å². The lowest BCUT2D eigenvalue weighted by Gasteiger charge is -2.07. The van der Waals surface area contributed by atoms with E-state index in [0.29, 0.717) is 5.78 Å². The van der Waals surface area contributed by atoms with Gasteiger partial charge < -0.3 is 4.57 Å². The standard InChI is InChI=1S/C29H53NO/c1-5-7-9-10-11-12-13-14-15-16-17-18-19-20-21-23-28(31)29-26(3)25-30(27(29)4)24-22-8-6-2/h25H,5-24H2,1-4H3. The summed E-state index contributed by atoms with van der Waals surface area (Å²) in [5, 5.41) is 0. The van der Waals surface area contributed by atoms with Crippen molar-refractivity contribution in [2.75, 3.05) is 0 Å². The average Bonchev–Trinajstić information content (AvgIpc) is 3.04. The van der Waals surface area contributed by atoms with Gasteiger partial charge in [-0.05, 0) is 32.3 Å². The second-order valence-corrected chi connectivity index (χ2v) is 9.80. The van der Waals surface area contributed by atoms with Crippen LogP contribution in [0.25, 0.3) is 0 Å². The lowest BCUT2D eigenvalue weighted by atomic mass is 10.0. The van der Waals surface area contributed by atoms with Crippen molar-refractivity contribution in [2.45, 2.75) is 156 Å². The fraction of sp³-hybridized carbons (Fsp3) is 0.828. The SMILES string of the molecule is CCCCCCCCCCCCCCCCCC(=O)c1c(C)cn(CCCCC)c1C. The normalized spacial score (nSPS) is 11.4. The second kappa shape index (κ2) is 18.5. The molecule has 0 unspecified atom stereocenters. The molecule has 0 aliphatic heterocycles. The van der Waals surface area contributed by atoms with Gasteiger partial charge >= 0.3 is 0 Å². The molecule has 0 radical (unpaired) electrons. The van der Waals surface area contributed by atoms with Gasteiger partial charge in [0.05, 0.1) is 0 Å². The summed E-state index contributed by atoms with van der Waals surface area (Å²) in [5.41, 5.74) is 3.35. The van der Waals surface area contributed by atoms with Crippen molar-refractivity contribution in [3.63, 3.8) is 0 Å². The van der Waals surface area contributed by atoms with E-state index in [1.54, 1.807) is 0 Å². The number of carbonyl (C=O) groups is 1. The van der Waals surface area contributed by atoms with Gasteiger partial charge in [0.1, 0.15) is 0 Å². The van der Waals surface area contributed by atoms with Crippen molar-refractivity contribution >= 4 is 5.78 Å². The number of aromatic nitrogens is 1. The van der Waals surface area contributed by atoms with Crippen LogP contribution in [0.15, 0.2) is 6.20 Å². The van der Waals surface area contributed by atoms with Crippen LogP contribution in [0.1, 0.15) is 157 Å². The molecule has 0 spiro atoms. The highest BCUT2D eigenvalue weighted by Gasteiger charge is 2.16. The van der Waals surface area contributed by atoms with Crippen molar-refractivity contribution in [1.82, 2.24) is 4.57 Å². The number of nitrogens with zero attached hydrogens (tertiary/aromatic N) is 1. The third-order valence-corrected chi connectivity index (χ3v) is 6.83. The van der Waals surface area contributed by atoms with Crippen LogP contribution >= 0.6 is 0 Å². The van der Waals surface area contributed by atoms with Crippen LogP contribution in [-0.4, -0.2) is 10.4 Å². The van der Waals surface area contributed by atoms with Crippen LogP contribution in [0.4, 0.5) is 0 Å². The predicted octanol–water partition coefficient (Wildman–Crippen LogP) is 9.74. The summed E-state index contributed by atoms with van der Waals surface area (Å²) in [5.74, 6) is 0.360. The minimum atomic E-state index is 0.360. The highest BCUT2D eigenvalue weighted by molar-refractivity contribution is 5.98. The smallest absolute Gasteiger partial charge is 0.164 e. The molecule has 0 aliphatic rings. The molecule has 0 aromatic carbocycles. The van der Waals surface area contributed by atoms with Crippen LogP contribution in [0.2, 0.25) is 0 Å². The summed E-state index contributed by atoms with van der Waals surface area (Å²) in [6, 6.07) is 0. The molecule has 1 rings (SSSR count). The number of Topliss-reactive ketones (excluding diaryl/α,β-unsaturated/α-hetero) is 1. The van der Waals surface area contributed by atoms with E-state index in [0.717, 1.165) is 24.9 Å². The number of aryl methyl sites for hydroxylation is 2. The Morgan fingerprint density at radius 3 is 1.55 bits per heavy atom. The van der Waals surface area contributed by atoms with Crippen LogP contribution in [-0.2, 0) is 6.54 Å². The molecule has 1 aromatic heterocycles. The molecule has 180 valence electrons. The Morgan fingerprint density at radius 2 is 1.06 bits per heavy atom. The van der Waals surface area contributed by atoms with Crippen molar-refractivity contribution in [3.05, 3.63) is 23.0 Å². The lowest BCUT2D eigenvalue weighted by molar-refractivity contribution is 0.0978. The number of carbonyl (C=O) groups excluding carboxylic acids is 1. The molecule has 0 atom stereocenters. The molecule has 0 bridgehead atoms. The van der Waals surface area contributed by atoms with Gasteiger partial charge in [-0.2, -0.15) is 0 Å². The number of rotatable bonds is 21. The Balaban J connectivity index is 2.03. The van der Waals surface area contributed by atoms with E-state index in [1.807, 2.05) is 0 Å². The molecule has 0 aliphatic carbocycles. The van der Waals surface area contributed by atoms with E-state index in [-0.39, 0.29) is 0 Å². The first-order valence-corrected chi connectivity index (χ1v) is 13.8. The van der Waals surface area contributed by atoms with E-state index in [1.165, 1.54) is 120 Å². The van der Waals surface area contributed by atoms with Crippen LogP contribution in [0.5, 0.6) is 0 Å². The fourth-order valence-corrected chi connectivity index (χ4v) is 4.79. The molecule has 0 saturated heterocycles. The number of ketones is 1. The van der Waals surface area contributed by atoms with Gasteiger partial charge in [0.15, 0.2) is 5.78 Å². The number of unbranched alkanes of at least 4 members (excludes halogenated alkanes) is 16. The lowest BCUT2D eigenvalue weighted by Crippen LogP contribution is -2.05.